The molecule has 7 nitrogen and oxygen atoms in total. The molecule has 182 valence electrons. The van der Waals surface area contributed by atoms with E-state index in [1.807, 2.05) is 36.1 Å². The number of anilines is 1. The zero-order valence-electron chi connectivity index (χ0n) is 20.9. The van der Waals surface area contributed by atoms with E-state index in [2.05, 4.69) is 39.0 Å². The molecular weight excluding hydrogens is 452 g/mol. The molecule has 2 aliphatic rings. The Hall–Kier alpha value is -3.87. The molecule has 1 heterocycles. The Bertz CT molecular complexity index is 1590. The Morgan fingerprint density at radius 3 is 2.44 bits per heavy atom. The molecule has 2 bridgehead atoms. The molecule has 1 fully saturated rings. The number of fused-ring (bicyclic) bond motifs is 7. The van der Waals surface area contributed by atoms with Crippen LogP contribution in [0.15, 0.2) is 60.7 Å². The third-order valence-corrected chi connectivity index (χ3v) is 9.22. The lowest BCUT2D eigenvalue weighted by atomic mass is 9.63. The van der Waals surface area contributed by atoms with E-state index in [4.69, 9.17) is 9.97 Å². The predicted molar refractivity (Wildman–Crippen MR) is 140 cm³/mol. The molecule has 1 amide bonds. The van der Waals surface area contributed by atoms with Crippen LogP contribution in [-0.2, 0) is 15.6 Å². The highest BCUT2D eigenvalue weighted by Gasteiger charge is 2.73. The molecule has 4 aromatic rings. The number of nitro groups is 1. The quantitative estimate of drug-likeness (QED) is 0.261. The monoisotopic (exact) mass is 480 g/mol. The van der Waals surface area contributed by atoms with Gasteiger partial charge in [0.05, 0.1) is 38.4 Å². The summed E-state index contributed by atoms with van der Waals surface area (Å²) in [6.07, 6.45) is 1.50. The van der Waals surface area contributed by atoms with Crippen LogP contribution in [0.2, 0.25) is 0 Å². The molecule has 3 aromatic carbocycles. The summed E-state index contributed by atoms with van der Waals surface area (Å²) in [6, 6.07) is 18.7. The van der Waals surface area contributed by atoms with Crippen molar-refractivity contribution in [3.05, 3.63) is 82.2 Å². The highest BCUT2D eigenvalue weighted by molar-refractivity contribution is 6.09. The van der Waals surface area contributed by atoms with Crippen LogP contribution < -0.4 is 4.90 Å². The lowest BCUT2D eigenvalue weighted by molar-refractivity contribution is -0.384. The molecule has 6 rings (SSSR count). The van der Waals surface area contributed by atoms with Gasteiger partial charge < -0.3 is 4.90 Å². The van der Waals surface area contributed by atoms with E-state index in [0.717, 1.165) is 28.6 Å². The maximum Gasteiger partial charge on any atom is 0.271 e. The molecule has 0 radical (unpaired) electrons. The number of carbonyl (C=O) groups is 1. The standard InChI is InChI=1S/C29H28N4O3/c1-5-32(23-12-8-10-18-9-6-7-11-20(18)23)26(34)29-16-15-28(4,27(29,2)3)24-25(29)31-22-17-19(33(35)36)13-14-21(22)30-24/h6-14,17H,5,15-16H2,1-4H3. The number of nitro benzene ring substituents is 1. The van der Waals surface area contributed by atoms with Gasteiger partial charge in [-0.2, -0.15) is 0 Å². The summed E-state index contributed by atoms with van der Waals surface area (Å²) < 4.78 is 0. The van der Waals surface area contributed by atoms with E-state index >= 15 is 0 Å². The number of hydrogen-bond donors (Lipinski definition) is 0. The van der Waals surface area contributed by atoms with Crippen molar-refractivity contribution in [2.45, 2.75) is 51.4 Å². The highest BCUT2D eigenvalue weighted by Crippen LogP contribution is 2.70. The molecule has 0 saturated heterocycles. The number of aromatic nitrogens is 2. The Morgan fingerprint density at radius 1 is 0.972 bits per heavy atom. The SMILES string of the molecule is CCN(C(=O)C12CCC(C)(c3nc4ccc([N+](=O)[O-])cc4nc31)C2(C)C)c1cccc2ccccc12. The fourth-order valence-corrected chi connectivity index (χ4v) is 6.77. The minimum absolute atomic E-state index is 0.0212. The normalized spacial score (nSPS) is 23.7. The Labute approximate surface area is 209 Å². The van der Waals surface area contributed by atoms with Gasteiger partial charge in [-0.1, -0.05) is 57.2 Å². The van der Waals surface area contributed by atoms with E-state index in [1.165, 1.54) is 12.1 Å². The molecule has 0 spiro atoms. The van der Waals surface area contributed by atoms with Crippen molar-refractivity contribution in [3.63, 3.8) is 0 Å². The van der Waals surface area contributed by atoms with Gasteiger partial charge in [-0.15, -0.1) is 0 Å². The number of nitrogens with zero attached hydrogens (tertiary/aromatic N) is 4. The number of benzene rings is 3. The van der Waals surface area contributed by atoms with Crippen molar-refractivity contribution in [1.82, 2.24) is 9.97 Å². The van der Waals surface area contributed by atoms with Crippen molar-refractivity contribution in [3.8, 4) is 0 Å². The van der Waals surface area contributed by atoms with Gasteiger partial charge in [0.15, 0.2) is 0 Å². The minimum Gasteiger partial charge on any atom is -0.311 e. The van der Waals surface area contributed by atoms with Crippen molar-refractivity contribution in [1.29, 1.82) is 0 Å². The average molecular weight is 481 g/mol. The first-order valence-electron chi connectivity index (χ1n) is 12.4. The molecule has 2 unspecified atom stereocenters. The molecular formula is C29H28N4O3. The molecule has 1 saturated carbocycles. The molecule has 1 aromatic heterocycles. The van der Waals surface area contributed by atoms with Crippen molar-refractivity contribution in [2.75, 3.05) is 11.4 Å². The summed E-state index contributed by atoms with van der Waals surface area (Å²) in [5.74, 6) is 0.0212. The van der Waals surface area contributed by atoms with E-state index in [9.17, 15) is 14.9 Å². The topological polar surface area (TPSA) is 89.2 Å². The van der Waals surface area contributed by atoms with E-state index in [1.54, 1.807) is 6.07 Å². The third kappa shape index (κ3) is 2.60. The van der Waals surface area contributed by atoms with Gasteiger partial charge in [-0.25, -0.2) is 9.97 Å². The lowest BCUT2D eigenvalue weighted by Crippen LogP contribution is -2.53. The van der Waals surface area contributed by atoms with Crippen LogP contribution in [0.3, 0.4) is 0 Å². The number of rotatable bonds is 4. The van der Waals surface area contributed by atoms with Crippen LogP contribution in [0, 0.1) is 15.5 Å². The van der Waals surface area contributed by atoms with Crippen molar-refractivity contribution >= 4 is 39.1 Å². The number of non-ortho nitro benzene ring substituents is 1. The first-order valence-corrected chi connectivity index (χ1v) is 12.4. The molecule has 2 aliphatic carbocycles. The summed E-state index contributed by atoms with van der Waals surface area (Å²) in [5.41, 5.74) is 1.80. The fourth-order valence-electron chi connectivity index (χ4n) is 6.77. The zero-order chi connectivity index (χ0) is 25.5. The van der Waals surface area contributed by atoms with Gasteiger partial charge in [0.1, 0.15) is 0 Å². The Morgan fingerprint density at radius 2 is 1.69 bits per heavy atom. The summed E-state index contributed by atoms with van der Waals surface area (Å²) in [5, 5.41) is 13.5. The second-order valence-corrected chi connectivity index (χ2v) is 10.8. The lowest BCUT2D eigenvalue weighted by Gasteiger charge is -2.42. The summed E-state index contributed by atoms with van der Waals surface area (Å²) in [7, 11) is 0. The second-order valence-electron chi connectivity index (χ2n) is 10.8. The summed E-state index contributed by atoms with van der Waals surface area (Å²) in [6.45, 7) is 9.02. The van der Waals surface area contributed by atoms with E-state index in [-0.39, 0.29) is 17.0 Å². The Kier molecular flexibility index (Phi) is 4.59. The summed E-state index contributed by atoms with van der Waals surface area (Å²) in [4.78, 5) is 37.6. The van der Waals surface area contributed by atoms with Crippen LogP contribution >= 0.6 is 0 Å². The van der Waals surface area contributed by atoms with Crippen molar-refractivity contribution in [2.24, 2.45) is 5.41 Å². The van der Waals surface area contributed by atoms with Crippen LogP contribution in [0.4, 0.5) is 11.4 Å². The maximum absolute atomic E-state index is 14.8. The van der Waals surface area contributed by atoms with Gasteiger partial charge in [0.25, 0.3) is 5.69 Å². The minimum atomic E-state index is -0.879. The van der Waals surface area contributed by atoms with Crippen molar-refractivity contribution < 1.29 is 9.72 Å². The van der Waals surface area contributed by atoms with Crippen LogP contribution in [-0.4, -0.2) is 27.3 Å². The van der Waals surface area contributed by atoms with Gasteiger partial charge in [-0.05, 0) is 42.7 Å². The third-order valence-electron chi connectivity index (χ3n) is 9.22. The summed E-state index contributed by atoms with van der Waals surface area (Å²) >= 11 is 0. The zero-order valence-corrected chi connectivity index (χ0v) is 20.9. The number of amides is 1. The number of hydrogen-bond acceptors (Lipinski definition) is 5. The molecule has 0 N–H and O–H groups in total. The number of likely N-dealkylation sites (N-methyl/N-ethyl adjacent to an activating group) is 1. The highest BCUT2D eigenvalue weighted by atomic mass is 16.6. The van der Waals surface area contributed by atoms with Crippen LogP contribution in [0.1, 0.15) is 51.9 Å². The predicted octanol–water partition coefficient (Wildman–Crippen LogP) is 6.07. The van der Waals surface area contributed by atoms with Gasteiger partial charge >= 0.3 is 0 Å². The van der Waals surface area contributed by atoms with Gasteiger partial charge in [0.2, 0.25) is 5.91 Å². The first-order chi connectivity index (χ1) is 17.2. The van der Waals surface area contributed by atoms with Gasteiger partial charge in [-0.3, -0.25) is 14.9 Å². The van der Waals surface area contributed by atoms with Crippen LogP contribution in [0.25, 0.3) is 21.8 Å². The van der Waals surface area contributed by atoms with Crippen LogP contribution in [0.5, 0.6) is 0 Å². The molecule has 0 aliphatic heterocycles. The molecule has 2 atom stereocenters. The average Bonchev–Trinajstić information content (AvgIpc) is 3.17. The fraction of sp³-hybridized carbons (Fsp3) is 0.345. The number of carbonyl (C=O) groups excluding carboxylic acids is 1. The smallest absolute Gasteiger partial charge is 0.271 e. The largest absolute Gasteiger partial charge is 0.311 e. The van der Waals surface area contributed by atoms with Gasteiger partial charge in [0, 0.05) is 29.5 Å². The maximum atomic E-state index is 14.8. The molecule has 7 heteroatoms. The molecule has 36 heavy (non-hydrogen) atoms. The van der Waals surface area contributed by atoms with E-state index in [0.29, 0.717) is 29.7 Å². The van der Waals surface area contributed by atoms with E-state index < -0.39 is 15.8 Å². The first kappa shape index (κ1) is 22.6. The second kappa shape index (κ2) is 7.32. The Balaban J connectivity index is 1.59.